The Hall–Kier alpha value is -2.77. The van der Waals surface area contributed by atoms with E-state index < -0.39 is 29.4 Å². The number of ether oxygens (including phenoxy) is 4. The van der Waals surface area contributed by atoms with Crippen LogP contribution in [0.5, 0.6) is 0 Å². The van der Waals surface area contributed by atoms with Gasteiger partial charge in [0, 0.05) is 6.54 Å². The number of nitrogens with zero attached hydrogens (tertiary/aromatic N) is 1. The van der Waals surface area contributed by atoms with Crippen LogP contribution in [0.2, 0.25) is 0 Å². The van der Waals surface area contributed by atoms with Gasteiger partial charge >= 0.3 is 12.1 Å². The van der Waals surface area contributed by atoms with Crippen LogP contribution < -0.4 is 0 Å². The normalized spacial score (nSPS) is 13.5. The van der Waals surface area contributed by atoms with Crippen molar-refractivity contribution in [3.05, 3.63) is 35.8 Å². The van der Waals surface area contributed by atoms with Crippen LogP contribution in [0.15, 0.2) is 35.8 Å². The van der Waals surface area contributed by atoms with Crippen molar-refractivity contribution >= 4 is 17.8 Å². The smallest absolute Gasteiger partial charge is 0.410 e. The van der Waals surface area contributed by atoms with Crippen molar-refractivity contribution in [2.24, 2.45) is 5.92 Å². The van der Waals surface area contributed by atoms with E-state index >= 15 is 0 Å². The molecule has 0 saturated heterocycles. The van der Waals surface area contributed by atoms with Crippen LogP contribution in [0, 0.1) is 5.92 Å². The maximum atomic E-state index is 13.3. The van der Waals surface area contributed by atoms with Gasteiger partial charge in [0.05, 0.1) is 32.9 Å². The monoisotopic (exact) mass is 425 g/mol. The maximum Gasteiger partial charge on any atom is 0.410 e. The van der Waals surface area contributed by atoms with E-state index in [0.717, 1.165) is 0 Å². The predicted molar refractivity (Wildman–Crippen MR) is 114 cm³/mol. The second kappa shape index (κ2) is 12.7. The van der Waals surface area contributed by atoms with Gasteiger partial charge in [0.1, 0.15) is 23.0 Å². The number of Topliss-reactive ketones (excluding diaryl/α,β-unsaturated/α-hetero) is 1. The molecule has 170 valence electrons. The SMILES string of the molecule is C=C/C(OC)=C(\C(=C/C)OC)C(C(=O)CN(CC)C(=O)OC(C)(C)C)C(=O)OCC. The highest BCUT2D eigenvalue weighted by molar-refractivity contribution is 6.04. The zero-order valence-electron chi connectivity index (χ0n) is 19.4. The van der Waals surface area contributed by atoms with Gasteiger partial charge in [0.15, 0.2) is 5.78 Å². The van der Waals surface area contributed by atoms with Gasteiger partial charge in [-0.15, -0.1) is 0 Å². The van der Waals surface area contributed by atoms with Crippen molar-refractivity contribution < 1.29 is 33.3 Å². The fourth-order valence-electron chi connectivity index (χ4n) is 2.64. The molecule has 0 aromatic carbocycles. The molecule has 30 heavy (non-hydrogen) atoms. The van der Waals surface area contributed by atoms with Crippen molar-refractivity contribution in [3.8, 4) is 0 Å². The Morgan fingerprint density at radius 1 is 1.10 bits per heavy atom. The number of carbonyl (C=O) groups is 3. The summed E-state index contributed by atoms with van der Waals surface area (Å²) < 4.78 is 21.2. The Morgan fingerprint density at radius 3 is 2.07 bits per heavy atom. The van der Waals surface area contributed by atoms with Crippen LogP contribution in [-0.4, -0.2) is 62.3 Å². The van der Waals surface area contributed by atoms with Crippen LogP contribution in [0.25, 0.3) is 0 Å². The molecule has 0 N–H and O–H groups in total. The molecule has 0 bridgehead atoms. The van der Waals surface area contributed by atoms with Gasteiger partial charge in [-0.1, -0.05) is 6.58 Å². The van der Waals surface area contributed by atoms with Crippen molar-refractivity contribution in [3.63, 3.8) is 0 Å². The highest BCUT2D eigenvalue weighted by Gasteiger charge is 2.38. The summed E-state index contributed by atoms with van der Waals surface area (Å²) >= 11 is 0. The van der Waals surface area contributed by atoms with Gasteiger partial charge in [-0.25, -0.2) is 4.79 Å². The first-order chi connectivity index (χ1) is 14.0. The Bertz CT molecular complexity index is 686. The fourth-order valence-corrected chi connectivity index (χ4v) is 2.64. The summed E-state index contributed by atoms with van der Waals surface area (Å²) in [5.41, 5.74) is -0.541. The molecule has 8 nitrogen and oxygen atoms in total. The summed E-state index contributed by atoms with van der Waals surface area (Å²) in [4.78, 5) is 39.7. The Labute approximate surface area is 179 Å². The molecule has 0 aromatic heterocycles. The van der Waals surface area contributed by atoms with E-state index in [1.165, 1.54) is 25.2 Å². The fraction of sp³-hybridized carbons (Fsp3) is 0.591. The molecule has 1 atom stereocenters. The van der Waals surface area contributed by atoms with Gasteiger partial charge in [0.25, 0.3) is 0 Å². The van der Waals surface area contributed by atoms with Gasteiger partial charge in [0.2, 0.25) is 0 Å². The second-order valence-corrected chi connectivity index (χ2v) is 7.19. The van der Waals surface area contributed by atoms with E-state index in [2.05, 4.69) is 6.58 Å². The Kier molecular flexibility index (Phi) is 11.5. The summed E-state index contributed by atoms with van der Waals surface area (Å²) in [5.74, 6) is -2.26. The molecule has 0 aliphatic heterocycles. The number of carbonyl (C=O) groups excluding carboxylic acids is 3. The molecule has 1 unspecified atom stereocenters. The van der Waals surface area contributed by atoms with Crippen LogP contribution in [-0.2, 0) is 28.5 Å². The number of allylic oxidation sites excluding steroid dienone is 3. The van der Waals surface area contributed by atoms with E-state index in [9.17, 15) is 14.4 Å². The lowest BCUT2D eigenvalue weighted by atomic mass is 9.90. The van der Waals surface area contributed by atoms with Gasteiger partial charge in [-0.05, 0) is 53.7 Å². The molecule has 0 rings (SSSR count). The highest BCUT2D eigenvalue weighted by atomic mass is 16.6. The summed E-state index contributed by atoms with van der Waals surface area (Å²) in [6, 6.07) is 0. The molecule has 0 radical (unpaired) electrons. The largest absolute Gasteiger partial charge is 0.497 e. The molecule has 0 aliphatic rings. The number of methoxy groups -OCH3 is 2. The third kappa shape index (κ3) is 7.93. The Morgan fingerprint density at radius 2 is 1.70 bits per heavy atom. The Balaban J connectivity index is 6.26. The molecule has 0 aromatic rings. The van der Waals surface area contributed by atoms with Gasteiger partial charge in [-0.3, -0.25) is 9.59 Å². The first-order valence-corrected chi connectivity index (χ1v) is 9.79. The third-order valence-corrected chi connectivity index (χ3v) is 3.93. The topological polar surface area (TPSA) is 91.4 Å². The molecule has 0 spiro atoms. The molecule has 0 aliphatic carbocycles. The van der Waals surface area contributed by atoms with Crippen LogP contribution in [0.3, 0.4) is 0 Å². The summed E-state index contributed by atoms with van der Waals surface area (Å²) in [6.07, 6.45) is 2.33. The number of ketones is 1. The average molecular weight is 426 g/mol. The van der Waals surface area contributed by atoms with Crippen molar-refractivity contribution in [1.29, 1.82) is 0 Å². The van der Waals surface area contributed by atoms with E-state index in [1.54, 1.807) is 47.6 Å². The third-order valence-electron chi connectivity index (χ3n) is 3.93. The quantitative estimate of drug-likeness (QED) is 0.216. The molecule has 1 amide bonds. The van der Waals surface area contributed by atoms with Gasteiger partial charge < -0.3 is 23.8 Å². The number of amides is 1. The van der Waals surface area contributed by atoms with Crippen molar-refractivity contribution in [2.45, 2.75) is 47.1 Å². The number of hydrogen-bond donors (Lipinski definition) is 0. The zero-order chi connectivity index (χ0) is 23.5. The number of likely N-dealkylation sites (N-methyl/N-ethyl adjacent to an activating group) is 1. The number of rotatable bonds is 11. The summed E-state index contributed by atoms with van der Waals surface area (Å²) in [5, 5.41) is 0. The predicted octanol–water partition coefficient (Wildman–Crippen LogP) is 3.63. The number of esters is 1. The van der Waals surface area contributed by atoms with E-state index in [4.69, 9.17) is 18.9 Å². The lowest BCUT2D eigenvalue weighted by Gasteiger charge is -2.28. The lowest BCUT2D eigenvalue weighted by molar-refractivity contribution is -0.150. The van der Waals surface area contributed by atoms with Gasteiger partial charge in [-0.2, -0.15) is 0 Å². The van der Waals surface area contributed by atoms with Crippen molar-refractivity contribution in [2.75, 3.05) is 33.9 Å². The zero-order valence-corrected chi connectivity index (χ0v) is 19.4. The van der Waals surface area contributed by atoms with Crippen LogP contribution in [0.1, 0.15) is 41.5 Å². The molecule has 0 heterocycles. The minimum atomic E-state index is -1.37. The molecule has 0 fully saturated rings. The first kappa shape index (κ1) is 27.2. The van der Waals surface area contributed by atoms with Crippen molar-refractivity contribution in [1.82, 2.24) is 4.90 Å². The summed E-state index contributed by atoms with van der Waals surface area (Å²) in [6.45, 7) is 13.9. The van der Waals surface area contributed by atoms with Crippen LogP contribution >= 0.6 is 0 Å². The van der Waals surface area contributed by atoms with E-state index in [0.29, 0.717) is 0 Å². The average Bonchev–Trinajstić information content (AvgIpc) is 2.66. The molecular weight excluding hydrogens is 390 g/mol. The minimum Gasteiger partial charge on any atom is -0.497 e. The maximum absolute atomic E-state index is 13.3. The van der Waals surface area contributed by atoms with Crippen LogP contribution in [0.4, 0.5) is 4.79 Å². The minimum absolute atomic E-state index is 0.0774. The molecule has 8 heteroatoms. The first-order valence-electron chi connectivity index (χ1n) is 9.79. The standard InChI is InChI=1S/C22H35NO7/c1-10-16(27-8)19(17(11-2)28-9)18(20(25)29-13-4)15(24)14-23(12-3)21(26)30-22(5,6)7/h10-11,18H,1,12-14H2,2-9H3/b17-11+,19-16-. The second-order valence-electron chi connectivity index (χ2n) is 7.19. The molecule has 0 saturated carbocycles. The number of hydrogen-bond acceptors (Lipinski definition) is 7. The molecular formula is C22H35NO7. The lowest BCUT2D eigenvalue weighted by Crippen LogP contribution is -2.43. The highest BCUT2D eigenvalue weighted by Crippen LogP contribution is 2.28. The summed E-state index contributed by atoms with van der Waals surface area (Å²) in [7, 11) is 2.81. The van der Waals surface area contributed by atoms with E-state index in [1.807, 2.05) is 0 Å². The van der Waals surface area contributed by atoms with E-state index in [-0.39, 0.29) is 36.8 Å².